The summed E-state index contributed by atoms with van der Waals surface area (Å²) in [7, 11) is 3.97. The average Bonchev–Trinajstić information content (AvgIpc) is 2.72. The Morgan fingerprint density at radius 1 is 1.33 bits per heavy atom. The minimum Gasteiger partial charge on any atom is -0.380 e. The first kappa shape index (κ1) is 13.7. The Morgan fingerprint density at radius 3 is 2.67 bits per heavy atom. The largest absolute Gasteiger partial charge is 0.380 e. The molecule has 0 atom stereocenters. The van der Waals surface area contributed by atoms with Gasteiger partial charge < -0.3 is 10.2 Å². The zero-order chi connectivity index (χ0) is 13.1. The Balaban J connectivity index is 2.07. The molecule has 2 rings (SSSR count). The number of nitrogens with zero attached hydrogens (tertiary/aromatic N) is 1. The molecule has 0 saturated heterocycles. The molecule has 5 heteroatoms. The van der Waals surface area contributed by atoms with Crippen molar-refractivity contribution in [3.05, 3.63) is 44.0 Å². The number of hydrogen-bond acceptors (Lipinski definition) is 3. The lowest BCUT2D eigenvalue weighted by atomic mass is 10.2. The Morgan fingerprint density at radius 2 is 2.11 bits per heavy atom. The van der Waals surface area contributed by atoms with Crippen molar-refractivity contribution in [2.75, 3.05) is 24.3 Å². The van der Waals surface area contributed by atoms with Gasteiger partial charge in [0.1, 0.15) is 0 Å². The fourth-order valence-electron chi connectivity index (χ4n) is 1.61. The molecule has 1 N–H and O–H groups in total. The molecule has 0 amide bonds. The average molecular weight is 346 g/mol. The second-order valence-electron chi connectivity index (χ2n) is 4.11. The van der Waals surface area contributed by atoms with Crippen LogP contribution in [0, 0.1) is 0 Å². The molecule has 2 aromatic rings. The lowest BCUT2D eigenvalue weighted by Gasteiger charge is -2.15. The van der Waals surface area contributed by atoms with Crippen molar-refractivity contribution in [3.63, 3.8) is 0 Å². The third kappa shape index (κ3) is 3.19. The molecular weight excluding hydrogens is 332 g/mol. The molecule has 0 aliphatic rings. The fourth-order valence-corrected chi connectivity index (χ4v) is 3.39. The normalized spacial score (nSPS) is 10.4. The third-order valence-corrected chi connectivity index (χ3v) is 4.80. The van der Waals surface area contributed by atoms with E-state index in [0.29, 0.717) is 0 Å². The maximum absolute atomic E-state index is 6.23. The quantitative estimate of drug-likeness (QED) is 0.852. The highest BCUT2D eigenvalue weighted by molar-refractivity contribution is 9.10. The molecule has 0 fully saturated rings. The van der Waals surface area contributed by atoms with Crippen LogP contribution in [0.4, 0.5) is 11.4 Å². The van der Waals surface area contributed by atoms with Gasteiger partial charge in [-0.3, -0.25) is 0 Å². The molecule has 0 aliphatic heterocycles. The summed E-state index contributed by atoms with van der Waals surface area (Å²) in [6, 6.07) is 8.08. The highest BCUT2D eigenvalue weighted by Crippen LogP contribution is 2.28. The van der Waals surface area contributed by atoms with Crippen LogP contribution in [0.15, 0.2) is 34.1 Å². The number of anilines is 2. The number of rotatable bonds is 4. The third-order valence-electron chi connectivity index (χ3n) is 2.57. The highest BCUT2D eigenvalue weighted by Gasteiger charge is 2.05. The first-order valence-electron chi connectivity index (χ1n) is 5.50. The van der Waals surface area contributed by atoms with Crippen LogP contribution in [0.1, 0.15) is 4.88 Å². The summed E-state index contributed by atoms with van der Waals surface area (Å²) in [5, 5.41) is 6.20. The van der Waals surface area contributed by atoms with E-state index in [0.717, 1.165) is 27.4 Å². The topological polar surface area (TPSA) is 15.3 Å². The smallest absolute Gasteiger partial charge is 0.0659 e. The van der Waals surface area contributed by atoms with E-state index in [-0.39, 0.29) is 0 Å². The zero-order valence-electron chi connectivity index (χ0n) is 10.2. The van der Waals surface area contributed by atoms with Gasteiger partial charge in [-0.15, -0.1) is 11.3 Å². The minimum atomic E-state index is 0.759. The van der Waals surface area contributed by atoms with Crippen LogP contribution in [-0.4, -0.2) is 14.1 Å². The monoisotopic (exact) mass is 344 g/mol. The van der Waals surface area contributed by atoms with Gasteiger partial charge in [0.25, 0.3) is 0 Å². The van der Waals surface area contributed by atoms with Crippen LogP contribution in [0.5, 0.6) is 0 Å². The summed E-state index contributed by atoms with van der Waals surface area (Å²) in [6.07, 6.45) is 0. The summed E-state index contributed by atoms with van der Waals surface area (Å²) in [5.41, 5.74) is 2.06. The SMILES string of the molecule is CN(C)c1ccc(NCc2sccc2Br)cc1Cl. The van der Waals surface area contributed by atoms with Crippen molar-refractivity contribution >= 4 is 50.2 Å². The Labute approximate surface area is 125 Å². The van der Waals surface area contributed by atoms with E-state index in [1.807, 2.05) is 37.2 Å². The van der Waals surface area contributed by atoms with Gasteiger partial charge in [-0.25, -0.2) is 0 Å². The van der Waals surface area contributed by atoms with Crippen molar-refractivity contribution in [1.29, 1.82) is 0 Å². The van der Waals surface area contributed by atoms with Gasteiger partial charge in [-0.1, -0.05) is 11.6 Å². The molecular formula is C13H14BrClN2S. The predicted octanol–water partition coefficient (Wildman–Crippen LogP) is 4.84. The molecule has 1 heterocycles. The van der Waals surface area contributed by atoms with E-state index < -0.39 is 0 Å². The van der Waals surface area contributed by atoms with Crippen LogP contribution in [0.25, 0.3) is 0 Å². The number of nitrogens with one attached hydrogen (secondary N) is 1. The number of thiophene rings is 1. The van der Waals surface area contributed by atoms with Crippen molar-refractivity contribution in [2.24, 2.45) is 0 Å². The van der Waals surface area contributed by atoms with Gasteiger partial charge >= 0.3 is 0 Å². The van der Waals surface area contributed by atoms with Crippen molar-refractivity contribution < 1.29 is 0 Å². The van der Waals surface area contributed by atoms with Crippen LogP contribution in [-0.2, 0) is 6.54 Å². The second kappa shape index (κ2) is 5.95. The summed E-state index contributed by atoms with van der Waals surface area (Å²) >= 11 is 11.5. The van der Waals surface area contributed by atoms with E-state index in [9.17, 15) is 0 Å². The maximum atomic E-state index is 6.23. The second-order valence-corrected chi connectivity index (χ2v) is 6.37. The summed E-state index contributed by atoms with van der Waals surface area (Å²) in [5.74, 6) is 0. The summed E-state index contributed by atoms with van der Waals surface area (Å²) < 4.78 is 1.15. The maximum Gasteiger partial charge on any atom is 0.0659 e. The van der Waals surface area contributed by atoms with Gasteiger partial charge in [-0.2, -0.15) is 0 Å². The summed E-state index contributed by atoms with van der Waals surface area (Å²) in [6.45, 7) is 0.801. The van der Waals surface area contributed by atoms with Gasteiger partial charge in [0, 0.05) is 29.1 Å². The van der Waals surface area contributed by atoms with Gasteiger partial charge in [0.05, 0.1) is 17.3 Å². The Bertz CT molecular complexity index is 540. The number of hydrogen-bond donors (Lipinski definition) is 1. The zero-order valence-corrected chi connectivity index (χ0v) is 13.4. The Kier molecular flexibility index (Phi) is 4.54. The van der Waals surface area contributed by atoms with Crippen molar-refractivity contribution in [3.8, 4) is 0 Å². The minimum absolute atomic E-state index is 0.759. The van der Waals surface area contributed by atoms with E-state index in [1.165, 1.54) is 4.88 Å². The van der Waals surface area contributed by atoms with Crippen LogP contribution in [0.3, 0.4) is 0 Å². The number of benzene rings is 1. The molecule has 2 nitrogen and oxygen atoms in total. The van der Waals surface area contributed by atoms with E-state index in [1.54, 1.807) is 11.3 Å². The van der Waals surface area contributed by atoms with Gasteiger partial charge in [0.2, 0.25) is 0 Å². The molecule has 96 valence electrons. The molecule has 0 radical (unpaired) electrons. The van der Waals surface area contributed by atoms with Crippen LogP contribution < -0.4 is 10.2 Å². The molecule has 1 aromatic heterocycles. The first-order chi connectivity index (χ1) is 8.58. The van der Waals surface area contributed by atoms with Gasteiger partial charge in [-0.05, 0) is 45.6 Å². The molecule has 0 bridgehead atoms. The first-order valence-corrected chi connectivity index (χ1v) is 7.55. The lowest BCUT2D eigenvalue weighted by Crippen LogP contribution is -2.09. The van der Waals surface area contributed by atoms with Crippen molar-refractivity contribution in [2.45, 2.75) is 6.54 Å². The van der Waals surface area contributed by atoms with Crippen molar-refractivity contribution in [1.82, 2.24) is 0 Å². The Hall–Kier alpha value is -0.710. The lowest BCUT2D eigenvalue weighted by molar-refractivity contribution is 1.13. The molecule has 0 aliphatic carbocycles. The predicted molar refractivity (Wildman–Crippen MR) is 85.1 cm³/mol. The van der Waals surface area contributed by atoms with E-state index in [4.69, 9.17) is 11.6 Å². The highest BCUT2D eigenvalue weighted by atomic mass is 79.9. The molecule has 18 heavy (non-hydrogen) atoms. The van der Waals surface area contributed by atoms with E-state index in [2.05, 4.69) is 32.7 Å². The molecule has 1 aromatic carbocycles. The molecule has 0 unspecified atom stereocenters. The molecule has 0 spiro atoms. The van der Waals surface area contributed by atoms with Crippen LogP contribution in [0.2, 0.25) is 5.02 Å². The van der Waals surface area contributed by atoms with Crippen LogP contribution >= 0.6 is 38.9 Å². The van der Waals surface area contributed by atoms with E-state index >= 15 is 0 Å². The number of halogens is 2. The standard InChI is InChI=1S/C13H14BrClN2S/c1-17(2)12-4-3-9(7-11(12)15)16-8-13-10(14)5-6-18-13/h3-7,16H,8H2,1-2H3. The molecule has 0 saturated carbocycles. The van der Waals surface area contributed by atoms with Gasteiger partial charge in [0.15, 0.2) is 0 Å². The fraction of sp³-hybridized carbons (Fsp3) is 0.231. The summed E-state index contributed by atoms with van der Waals surface area (Å²) in [4.78, 5) is 3.28.